The van der Waals surface area contributed by atoms with Crippen LogP contribution in [0.3, 0.4) is 0 Å². The molecule has 2 heterocycles. The summed E-state index contributed by atoms with van der Waals surface area (Å²) >= 11 is 6.04. The third kappa shape index (κ3) is 3.94. The minimum absolute atomic E-state index is 0.0251. The summed E-state index contributed by atoms with van der Waals surface area (Å²) in [7, 11) is 0. The van der Waals surface area contributed by atoms with E-state index in [0.717, 1.165) is 29.4 Å². The van der Waals surface area contributed by atoms with Crippen molar-refractivity contribution in [2.45, 2.75) is 44.7 Å². The van der Waals surface area contributed by atoms with E-state index in [1.165, 1.54) is 5.56 Å². The summed E-state index contributed by atoms with van der Waals surface area (Å²) in [6.45, 7) is 8.50. The Morgan fingerprint density at radius 1 is 1.26 bits per heavy atom. The summed E-state index contributed by atoms with van der Waals surface area (Å²) in [6.07, 6.45) is 0.799. The van der Waals surface area contributed by atoms with E-state index in [1.807, 2.05) is 18.2 Å². The fourth-order valence-corrected chi connectivity index (χ4v) is 2.86. The zero-order valence-electron chi connectivity index (χ0n) is 13.9. The standard InChI is InChI=1S/C18H23ClN2O2/c1-17(2,3)16-8-15(21-23-16)9-18(11-22-12-18)20-10-13-5-4-6-14(19)7-13/h4-8,20H,9-12H2,1-3H3. The molecule has 23 heavy (non-hydrogen) atoms. The van der Waals surface area contributed by atoms with Crippen molar-refractivity contribution in [3.63, 3.8) is 0 Å². The Hall–Kier alpha value is -1.36. The van der Waals surface area contributed by atoms with Crippen LogP contribution < -0.4 is 5.32 Å². The first-order valence-electron chi connectivity index (χ1n) is 7.90. The predicted octanol–water partition coefficient (Wildman–Crippen LogP) is 3.73. The average molecular weight is 335 g/mol. The van der Waals surface area contributed by atoms with E-state index in [4.69, 9.17) is 20.9 Å². The van der Waals surface area contributed by atoms with E-state index in [2.05, 4.69) is 43.4 Å². The lowest BCUT2D eigenvalue weighted by Crippen LogP contribution is -2.61. The minimum Gasteiger partial charge on any atom is -0.377 e. The van der Waals surface area contributed by atoms with Crippen LogP contribution in [0, 0.1) is 0 Å². The maximum Gasteiger partial charge on any atom is 0.142 e. The van der Waals surface area contributed by atoms with Crippen molar-refractivity contribution in [2.75, 3.05) is 13.2 Å². The van der Waals surface area contributed by atoms with Crippen molar-refractivity contribution in [1.29, 1.82) is 0 Å². The highest BCUT2D eigenvalue weighted by molar-refractivity contribution is 6.30. The molecule has 2 aromatic rings. The second-order valence-corrected chi connectivity index (χ2v) is 7.80. The largest absolute Gasteiger partial charge is 0.377 e. The number of hydrogen-bond donors (Lipinski definition) is 1. The summed E-state index contributed by atoms with van der Waals surface area (Å²) < 4.78 is 10.9. The normalized spacial score (nSPS) is 17.0. The van der Waals surface area contributed by atoms with Crippen molar-refractivity contribution in [3.05, 3.63) is 52.4 Å². The van der Waals surface area contributed by atoms with E-state index in [0.29, 0.717) is 13.2 Å². The number of hydrogen-bond acceptors (Lipinski definition) is 4. The molecule has 1 N–H and O–H groups in total. The van der Waals surface area contributed by atoms with Crippen LogP contribution in [0.4, 0.5) is 0 Å². The molecule has 0 saturated carbocycles. The Morgan fingerprint density at radius 3 is 2.61 bits per heavy atom. The number of nitrogens with one attached hydrogen (secondary N) is 1. The Morgan fingerprint density at radius 2 is 2.04 bits per heavy atom. The van der Waals surface area contributed by atoms with Gasteiger partial charge in [0.2, 0.25) is 0 Å². The molecule has 0 atom stereocenters. The van der Waals surface area contributed by atoms with Crippen LogP contribution in [0.5, 0.6) is 0 Å². The van der Waals surface area contributed by atoms with Gasteiger partial charge in [-0.1, -0.05) is 49.7 Å². The van der Waals surface area contributed by atoms with Crippen LogP contribution in [0.2, 0.25) is 5.02 Å². The Balaban J connectivity index is 1.65. The van der Waals surface area contributed by atoms with Crippen LogP contribution >= 0.6 is 11.6 Å². The topological polar surface area (TPSA) is 47.3 Å². The molecule has 5 heteroatoms. The molecule has 0 unspecified atom stereocenters. The van der Waals surface area contributed by atoms with Crippen LogP contribution in [0.15, 0.2) is 34.9 Å². The first-order chi connectivity index (χ1) is 10.9. The van der Waals surface area contributed by atoms with Gasteiger partial charge in [-0.15, -0.1) is 0 Å². The van der Waals surface area contributed by atoms with Gasteiger partial charge in [-0.2, -0.15) is 0 Å². The number of ether oxygens (including phenoxy) is 1. The van der Waals surface area contributed by atoms with Crippen LogP contribution in [0.25, 0.3) is 0 Å². The van der Waals surface area contributed by atoms with Gasteiger partial charge in [0, 0.05) is 29.5 Å². The van der Waals surface area contributed by atoms with E-state index in [9.17, 15) is 0 Å². The van der Waals surface area contributed by atoms with Crippen molar-refractivity contribution in [3.8, 4) is 0 Å². The molecule has 3 rings (SSSR count). The van der Waals surface area contributed by atoms with Gasteiger partial charge in [0.1, 0.15) is 5.76 Å². The van der Waals surface area contributed by atoms with Crippen molar-refractivity contribution in [1.82, 2.24) is 10.5 Å². The molecule has 0 amide bonds. The average Bonchev–Trinajstić information content (AvgIpc) is 2.90. The van der Waals surface area contributed by atoms with Gasteiger partial charge < -0.3 is 14.6 Å². The van der Waals surface area contributed by atoms with Gasteiger partial charge in [-0.3, -0.25) is 0 Å². The predicted molar refractivity (Wildman–Crippen MR) is 90.7 cm³/mol. The quantitative estimate of drug-likeness (QED) is 0.905. The van der Waals surface area contributed by atoms with E-state index in [1.54, 1.807) is 0 Å². The first kappa shape index (κ1) is 16.5. The first-order valence-corrected chi connectivity index (χ1v) is 8.27. The molecule has 4 nitrogen and oxygen atoms in total. The van der Waals surface area contributed by atoms with Crippen molar-refractivity contribution >= 4 is 11.6 Å². The summed E-state index contributed by atoms with van der Waals surface area (Å²) in [5, 5.41) is 8.59. The molecule has 124 valence electrons. The van der Waals surface area contributed by atoms with Crippen molar-refractivity contribution < 1.29 is 9.26 Å². The monoisotopic (exact) mass is 334 g/mol. The van der Waals surface area contributed by atoms with Crippen LogP contribution in [-0.2, 0) is 23.1 Å². The fraction of sp³-hybridized carbons (Fsp3) is 0.500. The van der Waals surface area contributed by atoms with Gasteiger partial charge in [0.05, 0.1) is 24.4 Å². The molecular formula is C18H23ClN2O2. The van der Waals surface area contributed by atoms with Gasteiger partial charge in [-0.05, 0) is 17.7 Å². The van der Waals surface area contributed by atoms with Gasteiger partial charge >= 0.3 is 0 Å². The van der Waals surface area contributed by atoms with E-state index in [-0.39, 0.29) is 11.0 Å². The molecule has 1 aromatic heterocycles. The maximum atomic E-state index is 6.04. The number of rotatable bonds is 5. The second kappa shape index (κ2) is 6.27. The SMILES string of the molecule is CC(C)(C)c1cc(CC2(NCc3cccc(Cl)c3)COC2)no1. The Kier molecular flexibility index (Phi) is 4.50. The van der Waals surface area contributed by atoms with Gasteiger partial charge in [0.15, 0.2) is 0 Å². The lowest BCUT2D eigenvalue weighted by atomic mass is 9.89. The summed E-state index contributed by atoms with van der Waals surface area (Å²) in [5.41, 5.74) is 2.04. The van der Waals surface area contributed by atoms with E-state index >= 15 is 0 Å². The third-order valence-corrected chi connectivity index (χ3v) is 4.37. The van der Waals surface area contributed by atoms with Gasteiger partial charge in [0.25, 0.3) is 0 Å². The number of aromatic nitrogens is 1. The highest BCUT2D eigenvalue weighted by atomic mass is 35.5. The Bertz CT molecular complexity index is 672. The zero-order valence-corrected chi connectivity index (χ0v) is 14.6. The Labute approximate surface area is 142 Å². The smallest absolute Gasteiger partial charge is 0.142 e. The molecule has 1 aliphatic rings. The van der Waals surface area contributed by atoms with Crippen LogP contribution in [0.1, 0.15) is 37.8 Å². The lowest BCUT2D eigenvalue weighted by molar-refractivity contribution is -0.0755. The van der Waals surface area contributed by atoms with Crippen LogP contribution in [-0.4, -0.2) is 23.9 Å². The fourth-order valence-electron chi connectivity index (χ4n) is 2.65. The van der Waals surface area contributed by atoms with E-state index < -0.39 is 0 Å². The van der Waals surface area contributed by atoms with Gasteiger partial charge in [-0.25, -0.2) is 0 Å². The highest BCUT2D eigenvalue weighted by Gasteiger charge is 2.39. The molecule has 1 aliphatic heterocycles. The number of nitrogens with zero attached hydrogens (tertiary/aromatic N) is 1. The molecule has 1 aromatic carbocycles. The number of benzene rings is 1. The summed E-state index contributed by atoms with van der Waals surface area (Å²) in [4.78, 5) is 0. The molecular weight excluding hydrogens is 312 g/mol. The molecule has 0 aliphatic carbocycles. The number of halogens is 1. The second-order valence-electron chi connectivity index (χ2n) is 7.37. The highest BCUT2D eigenvalue weighted by Crippen LogP contribution is 2.27. The molecule has 1 saturated heterocycles. The summed E-state index contributed by atoms with van der Waals surface area (Å²) in [6, 6.07) is 9.96. The molecule has 0 bridgehead atoms. The lowest BCUT2D eigenvalue weighted by Gasteiger charge is -2.42. The van der Waals surface area contributed by atoms with Crippen molar-refractivity contribution in [2.24, 2.45) is 0 Å². The minimum atomic E-state index is -0.0751. The molecule has 0 radical (unpaired) electrons. The molecule has 0 spiro atoms. The molecule has 1 fully saturated rings. The maximum absolute atomic E-state index is 6.04. The zero-order chi connectivity index (χ0) is 16.5. The summed E-state index contributed by atoms with van der Waals surface area (Å²) in [5.74, 6) is 0.915. The third-order valence-electron chi connectivity index (χ3n) is 4.13.